The van der Waals surface area contributed by atoms with Crippen molar-refractivity contribution in [2.75, 3.05) is 25.3 Å². The van der Waals surface area contributed by atoms with Crippen molar-refractivity contribution < 1.29 is 33.6 Å². The van der Waals surface area contributed by atoms with Gasteiger partial charge in [0.2, 0.25) is 18.6 Å². The molecular weight excluding hydrogens is 432 g/mol. The number of nitrogens with zero attached hydrogens (tertiary/aromatic N) is 2. The molecule has 1 aromatic heterocycles. The van der Waals surface area contributed by atoms with Gasteiger partial charge in [-0.2, -0.15) is 0 Å². The summed E-state index contributed by atoms with van der Waals surface area (Å²) in [6.07, 6.45) is 1.55. The molecule has 33 heavy (non-hydrogen) atoms. The van der Waals surface area contributed by atoms with E-state index in [1.54, 1.807) is 6.20 Å². The number of carboxylic acids is 1. The monoisotopic (exact) mass is 456 g/mol. The molecule has 0 spiro atoms. The van der Waals surface area contributed by atoms with Gasteiger partial charge in [0.1, 0.15) is 12.2 Å². The molecule has 11 nitrogen and oxygen atoms in total. The predicted molar refractivity (Wildman–Crippen MR) is 114 cm³/mol. The molecule has 0 unspecified atom stereocenters. The third-order valence-corrected chi connectivity index (χ3v) is 5.83. The van der Waals surface area contributed by atoms with Crippen molar-refractivity contribution >= 4 is 17.8 Å². The van der Waals surface area contributed by atoms with Crippen LogP contribution in [0.2, 0.25) is 0 Å². The lowest BCUT2D eigenvalue weighted by molar-refractivity contribution is -0.137. The Labute approximate surface area is 189 Å². The van der Waals surface area contributed by atoms with Crippen LogP contribution in [0, 0.1) is 0 Å². The third kappa shape index (κ3) is 4.69. The van der Waals surface area contributed by atoms with Gasteiger partial charge in [0.15, 0.2) is 11.5 Å². The molecule has 174 valence electrons. The van der Waals surface area contributed by atoms with Gasteiger partial charge in [0, 0.05) is 24.6 Å². The lowest BCUT2D eigenvalue weighted by Crippen LogP contribution is -2.44. The van der Waals surface area contributed by atoms with Crippen molar-refractivity contribution in [3.05, 3.63) is 30.5 Å². The van der Waals surface area contributed by atoms with Crippen molar-refractivity contribution in [2.24, 2.45) is 0 Å². The fourth-order valence-corrected chi connectivity index (χ4v) is 4.24. The van der Waals surface area contributed by atoms with Crippen molar-refractivity contribution in [3.63, 3.8) is 0 Å². The number of rotatable bonds is 8. The predicted octanol–water partition coefficient (Wildman–Crippen LogP) is 1.19. The summed E-state index contributed by atoms with van der Waals surface area (Å²) in [6, 6.07) is 7.02. The molecule has 3 aliphatic rings. The lowest BCUT2D eigenvalue weighted by Gasteiger charge is -2.18. The zero-order chi connectivity index (χ0) is 22.8. The van der Waals surface area contributed by atoms with E-state index < -0.39 is 5.97 Å². The van der Waals surface area contributed by atoms with Gasteiger partial charge < -0.3 is 34.7 Å². The van der Waals surface area contributed by atoms with Gasteiger partial charge in [-0.15, -0.1) is 0 Å². The maximum Gasteiger partial charge on any atom is 0.303 e. The summed E-state index contributed by atoms with van der Waals surface area (Å²) in [4.78, 5) is 31.7. The van der Waals surface area contributed by atoms with E-state index in [1.807, 2.05) is 24.3 Å². The molecule has 5 rings (SSSR count). The second-order valence-corrected chi connectivity index (χ2v) is 8.10. The molecule has 4 heterocycles. The number of aliphatic carboxylic acids is 1. The Morgan fingerprint density at radius 2 is 1.82 bits per heavy atom. The largest absolute Gasteiger partial charge is 0.481 e. The molecule has 11 heteroatoms. The van der Waals surface area contributed by atoms with E-state index in [4.69, 9.17) is 24.1 Å². The molecule has 0 radical (unpaired) electrons. The van der Waals surface area contributed by atoms with Gasteiger partial charge in [-0.05, 0) is 30.7 Å². The fraction of sp³-hybridized carbons (Fsp3) is 0.455. The van der Waals surface area contributed by atoms with E-state index in [-0.39, 0.29) is 49.8 Å². The van der Waals surface area contributed by atoms with E-state index >= 15 is 0 Å². The number of carbonyl (C=O) groups is 2. The maximum absolute atomic E-state index is 12.1. The van der Waals surface area contributed by atoms with Crippen LogP contribution in [-0.4, -0.2) is 71.2 Å². The first-order chi connectivity index (χ1) is 16.1. The Morgan fingerprint density at radius 1 is 1.03 bits per heavy atom. The molecule has 4 atom stereocenters. The number of amides is 1. The van der Waals surface area contributed by atoms with Crippen LogP contribution in [0.5, 0.6) is 11.5 Å². The first-order valence-electron chi connectivity index (χ1n) is 10.8. The van der Waals surface area contributed by atoms with Gasteiger partial charge >= 0.3 is 5.97 Å². The number of carbonyl (C=O) groups excluding carboxylic acids is 1. The number of hydrogen-bond donors (Lipinski definition) is 3. The fourth-order valence-electron chi connectivity index (χ4n) is 4.24. The second-order valence-electron chi connectivity index (χ2n) is 8.10. The molecule has 0 bridgehead atoms. The number of carboxylic acid groups (broad SMARTS) is 1. The molecule has 2 aromatic rings. The van der Waals surface area contributed by atoms with E-state index in [0.717, 1.165) is 11.3 Å². The zero-order valence-corrected chi connectivity index (χ0v) is 17.7. The Balaban J connectivity index is 1.19. The maximum atomic E-state index is 12.1. The molecule has 3 N–H and O–H groups in total. The summed E-state index contributed by atoms with van der Waals surface area (Å²) >= 11 is 0. The number of fused-ring (bicyclic) bond motifs is 2. The molecule has 2 fully saturated rings. The quantitative estimate of drug-likeness (QED) is 0.530. The van der Waals surface area contributed by atoms with Gasteiger partial charge in [-0.1, -0.05) is 0 Å². The van der Waals surface area contributed by atoms with Gasteiger partial charge in [-0.3, -0.25) is 9.59 Å². The average molecular weight is 456 g/mol. The molecule has 0 aliphatic carbocycles. The van der Waals surface area contributed by atoms with Crippen molar-refractivity contribution in [1.82, 2.24) is 15.3 Å². The van der Waals surface area contributed by atoms with Crippen LogP contribution in [0.4, 0.5) is 5.95 Å². The van der Waals surface area contributed by atoms with E-state index in [1.165, 1.54) is 0 Å². The smallest absolute Gasteiger partial charge is 0.303 e. The van der Waals surface area contributed by atoms with Crippen LogP contribution in [0.15, 0.2) is 30.5 Å². The van der Waals surface area contributed by atoms with Crippen molar-refractivity contribution in [1.29, 1.82) is 0 Å². The number of aromatic nitrogens is 2. The number of hydrogen-bond acceptors (Lipinski definition) is 9. The number of nitrogens with one attached hydrogen (secondary N) is 2. The molecule has 1 aromatic carbocycles. The third-order valence-electron chi connectivity index (χ3n) is 5.83. The average Bonchev–Trinajstić information content (AvgIpc) is 3.52. The van der Waals surface area contributed by atoms with Crippen LogP contribution in [-0.2, 0) is 19.1 Å². The summed E-state index contributed by atoms with van der Waals surface area (Å²) in [6.45, 7) is 0.929. The van der Waals surface area contributed by atoms with Crippen molar-refractivity contribution in [2.45, 2.75) is 43.6 Å². The number of anilines is 1. The lowest BCUT2D eigenvalue weighted by atomic mass is 10.1. The Bertz CT molecular complexity index is 1050. The summed E-state index contributed by atoms with van der Waals surface area (Å²) in [5.74, 6) is 0.727. The highest BCUT2D eigenvalue weighted by Gasteiger charge is 2.48. The SMILES string of the molecule is O=C(O)CCCC(=O)N[C@H]1CO[C@H]2[C@H]1OC[C@H]2Nc1nccc(-c2ccc3c(c2)OCO3)n1. The Kier molecular flexibility index (Phi) is 5.97. The minimum absolute atomic E-state index is 0.0333. The normalized spacial score (nSPS) is 25.0. The van der Waals surface area contributed by atoms with Crippen LogP contribution in [0.3, 0.4) is 0 Å². The van der Waals surface area contributed by atoms with E-state index in [9.17, 15) is 9.59 Å². The van der Waals surface area contributed by atoms with E-state index in [0.29, 0.717) is 37.1 Å². The van der Waals surface area contributed by atoms with Crippen molar-refractivity contribution in [3.8, 4) is 22.8 Å². The first-order valence-corrected chi connectivity index (χ1v) is 10.8. The molecule has 3 aliphatic heterocycles. The summed E-state index contributed by atoms with van der Waals surface area (Å²) in [7, 11) is 0. The number of ether oxygens (including phenoxy) is 4. The highest BCUT2D eigenvalue weighted by molar-refractivity contribution is 5.77. The van der Waals surface area contributed by atoms with Gasteiger partial charge in [-0.25, -0.2) is 9.97 Å². The Morgan fingerprint density at radius 3 is 2.67 bits per heavy atom. The standard InChI is InChI=1S/C22H24N4O7/c27-18(2-1-3-19(28)29)24-14-9-30-21-15(10-31-20(14)21)26-22-23-7-6-13(25-22)12-4-5-16-17(8-12)33-11-32-16/h4-8,14-15,20-21H,1-3,9-11H2,(H,24,27)(H,28,29)(H,23,25,26)/t14-,15+,20-,21+/m0/s1. The van der Waals surface area contributed by atoms with E-state index in [2.05, 4.69) is 20.6 Å². The molecule has 2 saturated heterocycles. The molecule has 0 saturated carbocycles. The van der Waals surface area contributed by atoms with Crippen LogP contribution in [0.1, 0.15) is 19.3 Å². The summed E-state index contributed by atoms with van der Waals surface area (Å²) < 4.78 is 22.6. The Hall–Kier alpha value is -3.44. The summed E-state index contributed by atoms with van der Waals surface area (Å²) in [5.41, 5.74) is 1.62. The molecule has 1 amide bonds. The van der Waals surface area contributed by atoms with Crippen LogP contribution in [0.25, 0.3) is 11.3 Å². The minimum Gasteiger partial charge on any atom is -0.481 e. The highest BCUT2D eigenvalue weighted by Crippen LogP contribution is 2.35. The number of benzene rings is 1. The van der Waals surface area contributed by atoms with Crippen LogP contribution >= 0.6 is 0 Å². The van der Waals surface area contributed by atoms with Gasteiger partial charge in [0.25, 0.3) is 0 Å². The molecular formula is C22H24N4O7. The van der Waals surface area contributed by atoms with Crippen LogP contribution < -0.4 is 20.1 Å². The zero-order valence-electron chi connectivity index (χ0n) is 17.7. The first kappa shape index (κ1) is 21.4. The minimum atomic E-state index is -0.912. The highest BCUT2D eigenvalue weighted by atomic mass is 16.7. The summed E-state index contributed by atoms with van der Waals surface area (Å²) in [5, 5.41) is 14.9. The van der Waals surface area contributed by atoms with Gasteiger partial charge in [0.05, 0.1) is 31.0 Å². The topological polar surface area (TPSA) is 141 Å². The second kappa shape index (κ2) is 9.20.